The number of fused-ring (bicyclic) bond motifs is 1. The summed E-state index contributed by atoms with van der Waals surface area (Å²) in [6.45, 7) is 1.31. The fraction of sp³-hybridized carbons (Fsp3) is 0.176. The predicted octanol–water partition coefficient (Wildman–Crippen LogP) is 4.01. The second-order valence-corrected chi connectivity index (χ2v) is 5.28. The van der Waals surface area contributed by atoms with Gasteiger partial charge in [0.05, 0.1) is 12.1 Å². The van der Waals surface area contributed by atoms with Gasteiger partial charge in [0.2, 0.25) is 0 Å². The lowest BCUT2D eigenvalue weighted by molar-refractivity contribution is 0.210. The minimum absolute atomic E-state index is 0.620. The summed E-state index contributed by atoms with van der Waals surface area (Å²) in [5, 5.41) is 5.00. The van der Waals surface area contributed by atoms with Gasteiger partial charge < -0.3 is 10.1 Å². The maximum absolute atomic E-state index is 5.94. The van der Waals surface area contributed by atoms with Crippen molar-refractivity contribution in [3.63, 3.8) is 0 Å². The van der Waals surface area contributed by atoms with Crippen LogP contribution in [-0.4, -0.2) is 30.2 Å². The van der Waals surface area contributed by atoms with Crippen LogP contribution in [0.25, 0.3) is 22.3 Å². The van der Waals surface area contributed by atoms with E-state index in [1.807, 2.05) is 48.5 Å². The summed E-state index contributed by atoms with van der Waals surface area (Å²) in [6.07, 6.45) is 0. The van der Waals surface area contributed by atoms with Gasteiger partial charge in [0, 0.05) is 29.6 Å². The van der Waals surface area contributed by atoms with Crippen LogP contribution >= 0.6 is 11.6 Å². The molecule has 4 nitrogen and oxygen atoms in total. The standard InChI is InChI=1S/C17H16ClN3O/c1-22-11-10-19-17-14-4-2-3-5-15(14)20-16(21-17)12-6-8-13(18)9-7-12/h2-9H,10-11H2,1H3,(H,19,20,21). The highest BCUT2D eigenvalue weighted by Crippen LogP contribution is 2.25. The number of benzene rings is 2. The highest BCUT2D eigenvalue weighted by atomic mass is 35.5. The Morgan fingerprint density at radius 2 is 1.82 bits per heavy atom. The molecule has 0 saturated carbocycles. The van der Waals surface area contributed by atoms with Gasteiger partial charge in [0.1, 0.15) is 5.82 Å². The van der Waals surface area contributed by atoms with Crippen LogP contribution in [0.15, 0.2) is 48.5 Å². The molecule has 3 rings (SSSR count). The molecule has 0 radical (unpaired) electrons. The van der Waals surface area contributed by atoms with Gasteiger partial charge in [-0.25, -0.2) is 9.97 Å². The molecule has 2 aromatic carbocycles. The first kappa shape index (κ1) is 14.8. The Labute approximate surface area is 134 Å². The summed E-state index contributed by atoms with van der Waals surface area (Å²) in [6, 6.07) is 15.5. The van der Waals surface area contributed by atoms with E-state index in [1.165, 1.54) is 0 Å². The lowest BCUT2D eigenvalue weighted by Gasteiger charge is -2.10. The zero-order valence-corrected chi connectivity index (χ0v) is 13.0. The number of ether oxygens (including phenoxy) is 1. The molecule has 0 unspecified atom stereocenters. The molecule has 0 spiro atoms. The molecule has 3 aromatic rings. The molecule has 22 heavy (non-hydrogen) atoms. The third-order valence-corrected chi connectivity index (χ3v) is 3.56. The fourth-order valence-corrected chi connectivity index (χ4v) is 2.34. The number of rotatable bonds is 5. The van der Waals surface area contributed by atoms with E-state index in [4.69, 9.17) is 16.3 Å². The van der Waals surface area contributed by atoms with Gasteiger partial charge in [0.15, 0.2) is 5.82 Å². The van der Waals surface area contributed by atoms with Crippen molar-refractivity contribution >= 4 is 28.3 Å². The molecule has 1 heterocycles. The van der Waals surface area contributed by atoms with Crippen molar-refractivity contribution < 1.29 is 4.74 Å². The van der Waals surface area contributed by atoms with Crippen LogP contribution in [0.4, 0.5) is 5.82 Å². The van der Waals surface area contributed by atoms with Crippen LogP contribution in [0.3, 0.4) is 0 Å². The van der Waals surface area contributed by atoms with Crippen LogP contribution in [-0.2, 0) is 4.74 Å². The average Bonchev–Trinajstić information content (AvgIpc) is 2.55. The molecule has 1 N–H and O–H groups in total. The van der Waals surface area contributed by atoms with Crippen LogP contribution < -0.4 is 5.32 Å². The first-order valence-corrected chi connectivity index (χ1v) is 7.41. The molecule has 0 amide bonds. The third kappa shape index (κ3) is 3.18. The third-order valence-electron chi connectivity index (χ3n) is 3.30. The summed E-state index contributed by atoms with van der Waals surface area (Å²) in [5.74, 6) is 1.49. The summed E-state index contributed by atoms with van der Waals surface area (Å²) in [4.78, 5) is 9.29. The van der Waals surface area contributed by atoms with E-state index >= 15 is 0 Å². The van der Waals surface area contributed by atoms with E-state index in [-0.39, 0.29) is 0 Å². The number of aromatic nitrogens is 2. The monoisotopic (exact) mass is 313 g/mol. The zero-order valence-electron chi connectivity index (χ0n) is 12.2. The van der Waals surface area contributed by atoms with Crippen molar-refractivity contribution in [2.45, 2.75) is 0 Å². The van der Waals surface area contributed by atoms with E-state index in [9.17, 15) is 0 Å². The van der Waals surface area contributed by atoms with E-state index < -0.39 is 0 Å². The first-order valence-electron chi connectivity index (χ1n) is 7.03. The van der Waals surface area contributed by atoms with Crippen LogP contribution in [0.5, 0.6) is 0 Å². The molecule has 0 aliphatic heterocycles. The van der Waals surface area contributed by atoms with Gasteiger partial charge in [-0.15, -0.1) is 0 Å². The van der Waals surface area contributed by atoms with Crippen molar-refractivity contribution in [2.24, 2.45) is 0 Å². The molecule has 0 saturated heterocycles. The van der Waals surface area contributed by atoms with Crippen molar-refractivity contribution in [2.75, 3.05) is 25.6 Å². The molecule has 0 aliphatic rings. The minimum atomic E-state index is 0.620. The number of nitrogens with one attached hydrogen (secondary N) is 1. The number of hydrogen-bond acceptors (Lipinski definition) is 4. The SMILES string of the molecule is COCCNc1nc(-c2ccc(Cl)cc2)nc2ccccc12. The van der Waals surface area contributed by atoms with Crippen LogP contribution in [0.2, 0.25) is 5.02 Å². The quantitative estimate of drug-likeness (QED) is 0.723. The smallest absolute Gasteiger partial charge is 0.162 e. The zero-order chi connectivity index (χ0) is 15.4. The second-order valence-electron chi connectivity index (χ2n) is 4.84. The van der Waals surface area contributed by atoms with Crippen LogP contribution in [0, 0.1) is 0 Å². The number of halogens is 1. The lowest BCUT2D eigenvalue weighted by Crippen LogP contribution is -2.10. The Balaban J connectivity index is 2.05. The number of anilines is 1. The van der Waals surface area contributed by atoms with Gasteiger partial charge >= 0.3 is 0 Å². The van der Waals surface area contributed by atoms with Crippen molar-refractivity contribution in [3.8, 4) is 11.4 Å². The predicted molar refractivity (Wildman–Crippen MR) is 90.3 cm³/mol. The topological polar surface area (TPSA) is 47.0 Å². The van der Waals surface area contributed by atoms with Gasteiger partial charge in [-0.1, -0.05) is 23.7 Å². The molecule has 0 atom stereocenters. The largest absolute Gasteiger partial charge is 0.383 e. The Bertz CT molecular complexity index is 774. The number of methoxy groups -OCH3 is 1. The molecule has 5 heteroatoms. The van der Waals surface area contributed by atoms with Gasteiger partial charge in [-0.2, -0.15) is 0 Å². The minimum Gasteiger partial charge on any atom is -0.383 e. The summed E-state index contributed by atoms with van der Waals surface area (Å²) < 4.78 is 5.08. The highest BCUT2D eigenvalue weighted by molar-refractivity contribution is 6.30. The molecule has 0 bridgehead atoms. The average molecular weight is 314 g/mol. The molecule has 0 aliphatic carbocycles. The first-order chi connectivity index (χ1) is 10.8. The summed E-state index contributed by atoms with van der Waals surface area (Å²) in [7, 11) is 1.68. The fourth-order valence-electron chi connectivity index (χ4n) is 2.21. The van der Waals surface area contributed by atoms with Crippen molar-refractivity contribution in [3.05, 3.63) is 53.6 Å². The maximum atomic E-state index is 5.94. The highest BCUT2D eigenvalue weighted by Gasteiger charge is 2.08. The lowest BCUT2D eigenvalue weighted by atomic mass is 10.2. The molecule has 1 aromatic heterocycles. The molecule has 0 fully saturated rings. The second kappa shape index (κ2) is 6.73. The molecule has 112 valence electrons. The number of para-hydroxylation sites is 1. The molecular formula is C17H16ClN3O. The van der Waals surface area contributed by atoms with E-state index in [2.05, 4.69) is 15.3 Å². The van der Waals surface area contributed by atoms with Crippen molar-refractivity contribution in [1.29, 1.82) is 0 Å². The Morgan fingerprint density at radius 3 is 2.59 bits per heavy atom. The molecular weight excluding hydrogens is 298 g/mol. The van der Waals surface area contributed by atoms with Crippen molar-refractivity contribution in [1.82, 2.24) is 9.97 Å². The summed E-state index contributed by atoms with van der Waals surface area (Å²) >= 11 is 5.94. The summed E-state index contributed by atoms with van der Waals surface area (Å²) in [5.41, 5.74) is 1.84. The number of nitrogens with zero attached hydrogens (tertiary/aromatic N) is 2. The van der Waals surface area contributed by atoms with Gasteiger partial charge in [-0.3, -0.25) is 0 Å². The Morgan fingerprint density at radius 1 is 1.05 bits per heavy atom. The van der Waals surface area contributed by atoms with E-state index in [0.717, 1.165) is 22.3 Å². The van der Waals surface area contributed by atoms with E-state index in [0.29, 0.717) is 24.0 Å². The van der Waals surface area contributed by atoms with Gasteiger partial charge in [0.25, 0.3) is 0 Å². The van der Waals surface area contributed by atoms with Crippen LogP contribution in [0.1, 0.15) is 0 Å². The van der Waals surface area contributed by atoms with E-state index in [1.54, 1.807) is 7.11 Å². The maximum Gasteiger partial charge on any atom is 0.162 e. The Hall–Kier alpha value is -2.17. The number of hydrogen-bond donors (Lipinski definition) is 1. The van der Waals surface area contributed by atoms with Gasteiger partial charge in [-0.05, 0) is 36.4 Å². The Kier molecular flexibility index (Phi) is 4.51. The normalized spacial score (nSPS) is 10.8.